The van der Waals surface area contributed by atoms with Gasteiger partial charge in [-0.25, -0.2) is 4.79 Å². The molecule has 2 aromatic rings. The van der Waals surface area contributed by atoms with Crippen LogP contribution in [-0.2, 0) is 19.1 Å². The fourth-order valence-corrected chi connectivity index (χ4v) is 2.34. The highest BCUT2D eigenvalue weighted by atomic mass is 16.5. The highest BCUT2D eigenvalue weighted by Gasteiger charge is 1.99. The van der Waals surface area contributed by atoms with Gasteiger partial charge in [-0.3, -0.25) is 4.79 Å². The van der Waals surface area contributed by atoms with E-state index in [0.29, 0.717) is 38.6 Å². The van der Waals surface area contributed by atoms with Crippen LogP contribution in [-0.4, -0.2) is 44.8 Å². The first-order chi connectivity index (χ1) is 15.6. The number of ketones is 1. The molecule has 6 heteroatoms. The van der Waals surface area contributed by atoms with Crippen LogP contribution in [0.2, 0.25) is 0 Å². The van der Waals surface area contributed by atoms with Gasteiger partial charge >= 0.3 is 5.97 Å². The second kappa shape index (κ2) is 14.2. The van der Waals surface area contributed by atoms with E-state index in [1.54, 1.807) is 0 Å². The van der Waals surface area contributed by atoms with Gasteiger partial charge < -0.3 is 18.9 Å². The van der Waals surface area contributed by atoms with Crippen LogP contribution in [0, 0.1) is 11.8 Å². The third kappa shape index (κ3) is 9.79. The van der Waals surface area contributed by atoms with E-state index < -0.39 is 5.97 Å². The zero-order chi connectivity index (χ0) is 23.0. The Labute approximate surface area is 188 Å². The molecule has 6 nitrogen and oxygen atoms in total. The van der Waals surface area contributed by atoms with Crippen LogP contribution in [0.1, 0.15) is 17.5 Å². The van der Waals surface area contributed by atoms with Gasteiger partial charge in [0.2, 0.25) is 0 Å². The molecule has 0 spiro atoms. The summed E-state index contributed by atoms with van der Waals surface area (Å²) in [5.74, 6) is 7.05. The first kappa shape index (κ1) is 24.4. The highest BCUT2D eigenvalue weighted by Crippen LogP contribution is 2.13. The molecule has 0 aliphatic carbocycles. The number of hydrogen-bond donors (Lipinski definition) is 0. The molecule has 0 aliphatic rings. The molecular weight excluding hydrogens is 408 g/mol. The molecule has 0 fully saturated rings. The summed E-state index contributed by atoms with van der Waals surface area (Å²) in [4.78, 5) is 22.0. The Bertz CT molecular complexity index is 871. The van der Waals surface area contributed by atoms with E-state index in [0.717, 1.165) is 23.0 Å². The zero-order valence-corrected chi connectivity index (χ0v) is 17.9. The normalized spacial score (nSPS) is 9.75. The van der Waals surface area contributed by atoms with Crippen molar-refractivity contribution in [1.29, 1.82) is 0 Å². The lowest BCUT2D eigenvalue weighted by Crippen LogP contribution is -2.11. The van der Waals surface area contributed by atoms with Gasteiger partial charge in [-0.2, -0.15) is 0 Å². The van der Waals surface area contributed by atoms with E-state index >= 15 is 0 Å². The molecule has 0 aromatic heterocycles. The van der Waals surface area contributed by atoms with Crippen molar-refractivity contribution in [2.45, 2.75) is 6.42 Å². The Morgan fingerprint density at radius 2 is 1.31 bits per heavy atom. The summed E-state index contributed by atoms with van der Waals surface area (Å²) in [5, 5.41) is 0. The van der Waals surface area contributed by atoms with Gasteiger partial charge in [0.15, 0.2) is 5.78 Å². The monoisotopic (exact) mass is 434 g/mol. The Balaban J connectivity index is 1.72. The molecule has 0 atom stereocenters. The van der Waals surface area contributed by atoms with Gasteiger partial charge in [0, 0.05) is 23.6 Å². The maximum absolute atomic E-state index is 11.0. The van der Waals surface area contributed by atoms with Gasteiger partial charge in [-0.05, 0) is 54.6 Å². The standard InChI is InChI=1S/C26H26O6/c1-3-23(27)20-29-18-19-31-25-14-10-22(11-15-25)7-6-21-8-12-24(13-9-21)30-16-5-17-32-26(28)4-2/h3-4,8-15H,1-2,5,16-20H2. The fraction of sp³-hybridized carbons (Fsp3) is 0.231. The maximum atomic E-state index is 11.0. The first-order valence-electron chi connectivity index (χ1n) is 10.1. The van der Waals surface area contributed by atoms with Crippen LogP contribution >= 0.6 is 0 Å². The zero-order valence-electron chi connectivity index (χ0n) is 17.9. The van der Waals surface area contributed by atoms with Crippen LogP contribution in [0.4, 0.5) is 0 Å². The number of rotatable bonds is 13. The van der Waals surface area contributed by atoms with Crippen molar-refractivity contribution >= 4 is 11.8 Å². The number of carbonyl (C=O) groups is 2. The van der Waals surface area contributed by atoms with Gasteiger partial charge in [-0.1, -0.05) is 25.0 Å². The largest absolute Gasteiger partial charge is 0.493 e. The molecule has 32 heavy (non-hydrogen) atoms. The minimum absolute atomic E-state index is 0.0156. The van der Waals surface area contributed by atoms with Crippen LogP contribution in [0.5, 0.6) is 11.5 Å². The van der Waals surface area contributed by atoms with Crippen molar-refractivity contribution in [3.8, 4) is 23.3 Å². The quantitative estimate of drug-likeness (QED) is 0.207. The molecule has 0 bridgehead atoms. The lowest BCUT2D eigenvalue weighted by molar-refractivity contribution is -0.137. The van der Waals surface area contributed by atoms with Crippen molar-refractivity contribution in [1.82, 2.24) is 0 Å². The van der Waals surface area contributed by atoms with Crippen molar-refractivity contribution in [2.24, 2.45) is 0 Å². The number of carbonyl (C=O) groups excluding carboxylic acids is 2. The molecule has 0 saturated heterocycles. The van der Waals surface area contributed by atoms with Crippen molar-refractivity contribution in [2.75, 3.05) is 33.0 Å². The minimum atomic E-state index is -0.432. The molecule has 0 N–H and O–H groups in total. The van der Waals surface area contributed by atoms with Gasteiger partial charge in [0.1, 0.15) is 24.7 Å². The minimum Gasteiger partial charge on any atom is -0.493 e. The molecule has 0 aliphatic heterocycles. The summed E-state index contributed by atoms with van der Waals surface area (Å²) in [6, 6.07) is 14.9. The van der Waals surface area contributed by atoms with Gasteiger partial charge in [-0.15, -0.1) is 0 Å². The third-order valence-electron chi connectivity index (χ3n) is 4.00. The summed E-state index contributed by atoms with van der Waals surface area (Å²) in [6.45, 7) is 8.15. The number of hydrogen-bond acceptors (Lipinski definition) is 6. The second-order valence-electron chi connectivity index (χ2n) is 6.44. The van der Waals surface area contributed by atoms with E-state index in [2.05, 4.69) is 25.0 Å². The highest BCUT2D eigenvalue weighted by molar-refractivity contribution is 5.90. The van der Waals surface area contributed by atoms with Gasteiger partial charge in [0.05, 0.1) is 19.8 Å². The Morgan fingerprint density at radius 3 is 1.84 bits per heavy atom. The number of benzene rings is 2. The summed E-state index contributed by atoms with van der Waals surface area (Å²) < 4.78 is 21.2. The SMILES string of the molecule is C=CC(=O)COCCOc1ccc(C#Cc2ccc(OCCCOC(=O)C=C)cc2)cc1. The Morgan fingerprint density at radius 1 is 0.750 bits per heavy atom. The molecule has 0 radical (unpaired) electrons. The van der Waals surface area contributed by atoms with Crippen LogP contribution < -0.4 is 9.47 Å². The number of ether oxygens (including phenoxy) is 4. The van der Waals surface area contributed by atoms with Crippen LogP contribution in [0.15, 0.2) is 73.8 Å². The molecule has 2 rings (SSSR count). The lowest BCUT2D eigenvalue weighted by Gasteiger charge is -2.06. The average molecular weight is 434 g/mol. The Hall–Kier alpha value is -3.82. The smallest absolute Gasteiger partial charge is 0.330 e. The van der Waals surface area contributed by atoms with E-state index in [1.807, 2.05) is 48.5 Å². The lowest BCUT2D eigenvalue weighted by atomic mass is 10.2. The van der Waals surface area contributed by atoms with Crippen molar-refractivity contribution in [3.63, 3.8) is 0 Å². The summed E-state index contributed by atoms with van der Waals surface area (Å²) in [6.07, 6.45) is 2.97. The van der Waals surface area contributed by atoms with E-state index in [4.69, 9.17) is 18.9 Å². The molecule has 0 saturated carbocycles. The average Bonchev–Trinajstić information content (AvgIpc) is 2.83. The third-order valence-corrected chi connectivity index (χ3v) is 4.00. The molecule has 0 unspecified atom stereocenters. The van der Waals surface area contributed by atoms with E-state index in [9.17, 15) is 9.59 Å². The summed E-state index contributed by atoms with van der Waals surface area (Å²) in [5.41, 5.74) is 1.73. The Kier molecular flexibility index (Phi) is 10.9. The maximum Gasteiger partial charge on any atom is 0.330 e. The van der Waals surface area contributed by atoms with Crippen LogP contribution in [0.3, 0.4) is 0 Å². The van der Waals surface area contributed by atoms with E-state index in [-0.39, 0.29) is 12.4 Å². The number of esters is 1. The predicted octanol–water partition coefficient (Wildman–Crippen LogP) is 3.74. The topological polar surface area (TPSA) is 71.1 Å². The van der Waals surface area contributed by atoms with E-state index in [1.165, 1.54) is 6.08 Å². The summed E-state index contributed by atoms with van der Waals surface area (Å²) >= 11 is 0. The van der Waals surface area contributed by atoms with Crippen molar-refractivity contribution < 1.29 is 28.5 Å². The van der Waals surface area contributed by atoms with Gasteiger partial charge in [0.25, 0.3) is 0 Å². The van der Waals surface area contributed by atoms with Crippen LogP contribution in [0.25, 0.3) is 0 Å². The molecule has 0 heterocycles. The molecule has 2 aromatic carbocycles. The molecule has 166 valence electrons. The molecule has 0 amide bonds. The first-order valence-corrected chi connectivity index (χ1v) is 10.1. The van der Waals surface area contributed by atoms with Crippen molar-refractivity contribution in [3.05, 3.63) is 85.0 Å². The predicted molar refractivity (Wildman–Crippen MR) is 122 cm³/mol. The summed E-state index contributed by atoms with van der Waals surface area (Å²) in [7, 11) is 0. The second-order valence-corrected chi connectivity index (χ2v) is 6.44. The molecular formula is C26H26O6. The fourth-order valence-electron chi connectivity index (χ4n) is 2.34.